The van der Waals surface area contributed by atoms with Crippen LogP contribution >= 0.6 is 0 Å². The highest BCUT2D eigenvalue weighted by Crippen LogP contribution is 2.44. The van der Waals surface area contributed by atoms with E-state index in [0.29, 0.717) is 0 Å². The van der Waals surface area contributed by atoms with Gasteiger partial charge in [0.05, 0.1) is 11.0 Å². The Labute approximate surface area is 233 Å². The molecule has 1 aromatic heterocycles. The molecule has 8 aromatic rings. The Morgan fingerprint density at radius 1 is 0.375 bits per heavy atom. The van der Waals surface area contributed by atoms with E-state index in [1.807, 2.05) is 0 Å². The number of fused-ring (bicyclic) bond motifs is 5. The fourth-order valence-electron chi connectivity index (χ4n) is 6.47. The molecule has 0 unspecified atom stereocenters. The summed E-state index contributed by atoms with van der Waals surface area (Å²) in [4.78, 5) is 0. The van der Waals surface area contributed by atoms with Crippen molar-refractivity contribution in [3.05, 3.63) is 151 Å². The predicted molar refractivity (Wildman–Crippen MR) is 171 cm³/mol. The lowest BCUT2D eigenvalue weighted by Crippen LogP contribution is -1.95. The van der Waals surface area contributed by atoms with Gasteiger partial charge in [-0.1, -0.05) is 127 Å². The van der Waals surface area contributed by atoms with Crippen molar-refractivity contribution in [1.29, 1.82) is 0 Å². The zero-order valence-corrected chi connectivity index (χ0v) is 22.3. The van der Waals surface area contributed by atoms with Gasteiger partial charge in [-0.3, -0.25) is 0 Å². The zero-order valence-electron chi connectivity index (χ0n) is 22.3. The summed E-state index contributed by atoms with van der Waals surface area (Å²) in [6, 6.07) is 53.2. The zero-order chi connectivity index (χ0) is 26.6. The summed E-state index contributed by atoms with van der Waals surface area (Å²) >= 11 is 0. The van der Waals surface area contributed by atoms with Crippen LogP contribution in [0, 0.1) is 6.92 Å². The minimum atomic E-state index is 1.17. The van der Waals surface area contributed by atoms with Gasteiger partial charge in [0.2, 0.25) is 0 Å². The lowest BCUT2D eigenvalue weighted by molar-refractivity contribution is 1.18. The van der Waals surface area contributed by atoms with E-state index >= 15 is 0 Å². The van der Waals surface area contributed by atoms with Crippen molar-refractivity contribution in [1.82, 2.24) is 4.57 Å². The monoisotopic (exact) mass is 509 g/mol. The summed E-state index contributed by atoms with van der Waals surface area (Å²) in [5.74, 6) is 0. The minimum absolute atomic E-state index is 1.17. The molecule has 0 amide bonds. The molecule has 0 radical (unpaired) electrons. The molecule has 1 heteroatoms. The quantitative estimate of drug-likeness (QED) is 0.209. The Hall–Kier alpha value is -5.14. The van der Waals surface area contributed by atoms with Gasteiger partial charge in [-0.25, -0.2) is 0 Å². The van der Waals surface area contributed by atoms with E-state index in [-0.39, 0.29) is 0 Å². The van der Waals surface area contributed by atoms with E-state index in [2.05, 4.69) is 157 Å². The van der Waals surface area contributed by atoms with Crippen LogP contribution in [0.4, 0.5) is 0 Å². The first-order chi connectivity index (χ1) is 19.8. The third-order valence-electron chi connectivity index (χ3n) is 8.24. The Bertz CT molecular complexity index is 2100. The van der Waals surface area contributed by atoms with Gasteiger partial charge in [-0.2, -0.15) is 0 Å². The predicted octanol–water partition coefficient (Wildman–Crippen LogP) is 10.7. The number of para-hydroxylation sites is 2. The van der Waals surface area contributed by atoms with E-state index in [1.165, 1.54) is 76.9 Å². The average Bonchev–Trinajstić information content (AvgIpc) is 3.35. The first-order valence-corrected chi connectivity index (χ1v) is 13.9. The van der Waals surface area contributed by atoms with Crippen LogP contribution in [0.25, 0.3) is 71.3 Å². The molecule has 0 atom stereocenters. The van der Waals surface area contributed by atoms with Gasteiger partial charge in [-0.05, 0) is 75.0 Å². The van der Waals surface area contributed by atoms with Crippen LogP contribution in [0.2, 0.25) is 0 Å². The molecular weight excluding hydrogens is 482 g/mol. The van der Waals surface area contributed by atoms with Crippen molar-refractivity contribution in [3.63, 3.8) is 0 Å². The number of nitrogens with zero attached hydrogens (tertiary/aromatic N) is 1. The molecule has 0 saturated carbocycles. The molecule has 0 aliphatic rings. The number of aryl methyl sites for hydroxylation is 1. The summed E-state index contributed by atoms with van der Waals surface area (Å²) in [7, 11) is 0. The largest absolute Gasteiger partial charge is 0.309 e. The second-order valence-corrected chi connectivity index (χ2v) is 10.6. The molecule has 1 heterocycles. The number of hydrogen-bond donors (Lipinski definition) is 0. The molecule has 7 aromatic carbocycles. The Morgan fingerprint density at radius 3 is 1.35 bits per heavy atom. The van der Waals surface area contributed by atoms with Crippen LogP contribution in [-0.2, 0) is 0 Å². The highest BCUT2D eigenvalue weighted by Gasteiger charge is 2.17. The Morgan fingerprint density at radius 2 is 0.825 bits per heavy atom. The van der Waals surface area contributed by atoms with Crippen molar-refractivity contribution in [2.45, 2.75) is 6.92 Å². The third kappa shape index (κ3) is 3.41. The summed E-state index contributed by atoms with van der Waals surface area (Å²) in [6.07, 6.45) is 0. The van der Waals surface area contributed by atoms with Crippen LogP contribution in [0.5, 0.6) is 0 Å². The van der Waals surface area contributed by atoms with Crippen molar-refractivity contribution in [2.75, 3.05) is 0 Å². The van der Waals surface area contributed by atoms with Gasteiger partial charge in [0, 0.05) is 16.5 Å². The molecule has 0 aliphatic carbocycles. The number of benzene rings is 7. The Kier molecular flexibility index (Phi) is 5.11. The summed E-state index contributed by atoms with van der Waals surface area (Å²) < 4.78 is 2.40. The molecular formula is C39H27N. The molecule has 0 fully saturated rings. The fourth-order valence-corrected chi connectivity index (χ4v) is 6.47. The summed E-state index contributed by atoms with van der Waals surface area (Å²) in [5, 5.41) is 7.67. The van der Waals surface area contributed by atoms with Crippen LogP contribution < -0.4 is 0 Å². The number of aromatic nitrogens is 1. The van der Waals surface area contributed by atoms with Gasteiger partial charge < -0.3 is 4.57 Å². The SMILES string of the molecule is Cc1ccc(-c2c3ccccc3c(-c3cccc(-n4c5ccccc5c5ccccc54)c3)c3ccccc23)cc1. The van der Waals surface area contributed by atoms with Crippen molar-refractivity contribution < 1.29 is 0 Å². The molecule has 0 aliphatic heterocycles. The lowest BCUT2D eigenvalue weighted by atomic mass is 9.86. The topological polar surface area (TPSA) is 4.93 Å². The standard InChI is InChI=1S/C39H27N/c1-26-21-23-27(24-22-26)38-32-15-2-4-17-34(32)39(35-18-5-3-16-33(35)38)28-11-10-12-29(25-28)40-36-19-8-6-13-30(36)31-14-7-9-20-37(31)40/h2-25H,1H3. The molecule has 0 spiro atoms. The van der Waals surface area contributed by atoms with E-state index in [1.54, 1.807) is 0 Å². The first kappa shape index (κ1) is 22.8. The van der Waals surface area contributed by atoms with E-state index in [0.717, 1.165) is 0 Å². The van der Waals surface area contributed by atoms with Crippen molar-refractivity contribution in [2.24, 2.45) is 0 Å². The smallest absolute Gasteiger partial charge is 0.0541 e. The maximum absolute atomic E-state index is 2.40. The fraction of sp³-hybridized carbons (Fsp3) is 0.0256. The molecule has 0 bridgehead atoms. The molecule has 1 nitrogen and oxygen atoms in total. The van der Waals surface area contributed by atoms with Crippen LogP contribution in [-0.4, -0.2) is 4.57 Å². The summed E-state index contributed by atoms with van der Waals surface area (Å²) in [5.41, 5.74) is 9.96. The van der Waals surface area contributed by atoms with Gasteiger partial charge in [0.1, 0.15) is 0 Å². The molecule has 8 rings (SSSR count). The maximum atomic E-state index is 2.40. The maximum Gasteiger partial charge on any atom is 0.0541 e. The first-order valence-electron chi connectivity index (χ1n) is 13.9. The highest BCUT2D eigenvalue weighted by molar-refractivity contribution is 6.21. The highest BCUT2D eigenvalue weighted by atomic mass is 15.0. The van der Waals surface area contributed by atoms with Gasteiger partial charge in [-0.15, -0.1) is 0 Å². The molecule has 0 N–H and O–H groups in total. The average molecular weight is 510 g/mol. The van der Waals surface area contributed by atoms with Crippen LogP contribution in [0.15, 0.2) is 146 Å². The van der Waals surface area contributed by atoms with Crippen LogP contribution in [0.1, 0.15) is 5.56 Å². The molecule has 40 heavy (non-hydrogen) atoms. The lowest BCUT2D eigenvalue weighted by Gasteiger charge is -2.18. The summed E-state index contributed by atoms with van der Waals surface area (Å²) in [6.45, 7) is 2.15. The van der Waals surface area contributed by atoms with Crippen LogP contribution in [0.3, 0.4) is 0 Å². The van der Waals surface area contributed by atoms with Crippen molar-refractivity contribution in [3.8, 4) is 27.9 Å². The van der Waals surface area contributed by atoms with Crippen molar-refractivity contribution >= 4 is 43.4 Å². The van der Waals surface area contributed by atoms with E-state index < -0.39 is 0 Å². The van der Waals surface area contributed by atoms with E-state index in [9.17, 15) is 0 Å². The minimum Gasteiger partial charge on any atom is -0.309 e. The Balaban J connectivity index is 1.44. The number of hydrogen-bond acceptors (Lipinski definition) is 0. The number of rotatable bonds is 3. The second-order valence-electron chi connectivity index (χ2n) is 10.6. The third-order valence-corrected chi connectivity index (χ3v) is 8.24. The van der Waals surface area contributed by atoms with Gasteiger partial charge >= 0.3 is 0 Å². The van der Waals surface area contributed by atoms with E-state index in [4.69, 9.17) is 0 Å². The molecule has 188 valence electrons. The van der Waals surface area contributed by atoms with Gasteiger partial charge in [0.25, 0.3) is 0 Å². The molecule has 0 saturated heterocycles. The van der Waals surface area contributed by atoms with Gasteiger partial charge in [0.15, 0.2) is 0 Å². The second kappa shape index (κ2) is 8.97. The normalized spacial score (nSPS) is 11.6.